The van der Waals surface area contributed by atoms with Crippen molar-refractivity contribution in [2.45, 2.75) is 43.6 Å². The minimum Gasteiger partial charge on any atom is -0.388 e. The van der Waals surface area contributed by atoms with E-state index in [1.54, 1.807) is 0 Å². The van der Waals surface area contributed by atoms with Crippen molar-refractivity contribution in [2.75, 3.05) is 24.5 Å². The van der Waals surface area contributed by atoms with Crippen LogP contribution in [0.15, 0.2) is 24.3 Å². The van der Waals surface area contributed by atoms with E-state index in [0.29, 0.717) is 5.92 Å². The van der Waals surface area contributed by atoms with Crippen molar-refractivity contribution in [3.8, 4) is 0 Å². The molecule has 2 aliphatic rings. The van der Waals surface area contributed by atoms with E-state index in [1.807, 2.05) is 0 Å². The summed E-state index contributed by atoms with van der Waals surface area (Å²) in [6.45, 7) is 2.53. The van der Waals surface area contributed by atoms with Gasteiger partial charge >= 0.3 is 0 Å². The quantitative estimate of drug-likeness (QED) is 0.873. The van der Waals surface area contributed by atoms with Crippen LogP contribution in [0.25, 0.3) is 0 Å². The van der Waals surface area contributed by atoms with E-state index >= 15 is 0 Å². The maximum Gasteiger partial charge on any atom is 0.0821 e. The molecule has 1 heterocycles. The van der Waals surface area contributed by atoms with E-state index in [4.69, 9.17) is 5.73 Å². The molecule has 3 nitrogen and oxygen atoms in total. The fourth-order valence-corrected chi connectivity index (χ4v) is 3.73. The lowest BCUT2D eigenvalue weighted by Crippen LogP contribution is -2.40. The zero-order valence-corrected chi connectivity index (χ0v) is 11.5. The highest BCUT2D eigenvalue weighted by atomic mass is 16.3. The van der Waals surface area contributed by atoms with Crippen molar-refractivity contribution < 1.29 is 5.11 Å². The third-order valence-corrected chi connectivity index (χ3v) is 4.69. The number of anilines is 1. The lowest BCUT2D eigenvalue weighted by Gasteiger charge is -2.30. The molecule has 1 fully saturated rings. The molecule has 1 aromatic carbocycles. The average Bonchev–Trinajstić information content (AvgIpc) is 2.97. The Labute approximate surface area is 115 Å². The Morgan fingerprint density at radius 1 is 1.26 bits per heavy atom. The molecule has 3 N–H and O–H groups in total. The number of hydrogen-bond acceptors (Lipinski definition) is 3. The molecule has 0 aromatic heterocycles. The molecule has 0 amide bonds. The summed E-state index contributed by atoms with van der Waals surface area (Å²) in [5, 5.41) is 10.6. The van der Waals surface area contributed by atoms with Gasteiger partial charge in [-0.3, -0.25) is 0 Å². The number of nitrogens with two attached hydrogens (primary N) is 1. The maximum atomic E-state index is 10.6. The number of aliphatic hydroxyl groups is 1. The van der Waals surface area contributed by atoms with Crippen LogP contribution in [-0.4, -0.2) is 30.3 Å². The number of para-hydroxylation sites is 1. The van der Waals surface area contributed by atoms with Crippen molar-refractivity contribution >= 4 is 5.69 Å². The van der Waals surface area contributed by atoms with Crippen LogP contribution in [0.3, 0.4) is 0 Å². The van der Waals surface area contributed by atoms with Crippen molar-refractivity contribution in [2.24, 2.45) is 5.73 Å². The van der Waals surface area contributed by atoms with E-state index in [2.05, 4.69) is 29.2 Å². The van der Waals surface area contributed by atoms with Gasteiger partial charge < -0.3 is 15.7 Å². The Balaban J connectivity index is 1.80. The molecule has 3 rings (SSSR count). The zero-order valence-electron chi connectivity index (χ0n) is 11.5. The molecule has 0 bridgehead atoms. The fourth-order valence-electron chi connectivity index (χ4n) is 3.73. The first-order valence-electron chi connectivity index (χ1n) is 7.48. The van der Waals surface area contributed by atoms with E-state index in [-0.39, 0.29) is 0 Å². The summed E-state index contributed by atoms with van der Waals surface area (Å²) in [6, 6.07) is 8.60. The highest BCUT2D eigenvalue weighted by molar-refractivity contribution is 5.60. The highest BCUT2D eigenvalue weighted by Gasteiger charge is 2.36. The van der Waals surface area contributed by atoms with Crippen molar-refractivity contribution in [3.63, 3.8) is 0 Å². The largest absolute Gasteiger partial charge is 0.388 e. The minimum absolute atomic E-state index is 0.468. The second kappa shape index (κ2) is 5.14. The summed E-state index contributed by atoms with van der Waals surface area (Å²) in [4.78, 5) is 2.38. The summed E-state index contributed by atoms with van der Waals surface area (Å²) in [6.07, 6.45) is 5.27. The SMILES string of the molecule is NCCC1CN(CC2(O)CCCC2)c2ccccc21. The lowest BCUT2D eigenvalue weighted by molar-refractivity contribution is 0.0550. The van der Waals surface area contributed by atoms with E-state index < -0.39 is 5.60 Å². The Bertz CT molecular complexity index is 440. The van der Waals surface area contributed by atoms with Crippen LogP contribution in [0.1, 0.15) is 43.6 Å². The maximum absolute atomic E-state index is 10.6. The topological polar surface area (TPSA) is 49.5 Å². The first kappa shape index (κ1) is 12.9. The molecule has 1 aliphatic carbocycles. The Morgan fingerprint density at radius 3 is 2.74 bits per heavy atom. The van der Waals surface area contributed by atoms with Gasteiger partial charge in [0.2, 0.25) is 0 Å². The molecular weight excluding hydrogens is 236 g/mol. The third-order valence-electron chi connectivity index (χ3n) is 4.69. The van der Waals surface area contributed by atoms with Crippen LogP contribution < -0.4 is 10.6 Å². The van der Waals surface area contributed by atoms with Gasteiger partial charge in [0.25, 0.3) is 0 Å². The Hall–Kier alpha value is -1.06. The van der Waals surface area contributed by atoms with Gasteiger partial charge in [0.1, 0.15) is 0 Å². The molecular formula is C16H24N2O. The van der Waals surface area contributed by atoms with Crippen LogP contribution in [0.5, 0.6) is 0 Å². The smallest absolute Gasteiger partial charge is 0.0821 e. The Kier molecular flexibility index (Phi) is 3.50. The predicted molar refractivity (Wildman–Crippen MR) is 78.5 cm³/mol. The van der Waals surface area contributed by atoms with Crippen LogP contribution in [0.2, 0.25) is 0 Å². The fraction of sp³-hybridized carbons (Fsp3) is 0.625. The van der Waals surface area contributed by atoms with E-state index in [0.717, 1.165) is 51.7 Å². The Morgan fingerprint density at radius 2 is 2.00 bits per heavy atom. The number of fused-ring (bicyclic) bond motifs is 1. The van der Waals surface area contributed by atoms with Crippen LogP contribution >= 0.6 is 0 Å². The molecule has 1 saturated carbocycles. The van der Waals surface area contributed by atoms with Gasteiger partial charge in [0, 0.05) is 24.7 Å². The van der Waals surface area contributed by atoms with Gasteiger partial charge in [0.05, 0.1) is 5.60 Å². The normalized spacial score (nSPS) is 24.7. The summed E-state index contributed by atoms with van der Waals surface area (Å²) in [7, 11) is 0. The number of nitrogens with zero attached hydrogens (tertiary/aromatic N) is 1. The van der Waals surface area contributed by atoms with Gasteiger partial charge in [0.15, 0.2) is 0 Å². The second-order valence-corrected chi connectivity index (χ2v) is 6.15. The summed E-state index contributed by atoms with van der Waals surface area (Å²) >= 11 is 0. The molecule has 1 unspecified atom stereocenters. The molecule has 0 saturated heterocycles. The van der Waals surface area contributed by atoms with Gasteiger partial charge in [-0.2, -0.15) is 0 Å². The van der Waals surface area contributed by atoms with Crippen molar-refractivity contribution in [3.05, 3.63) is 29.8 Å². The summed E-state index contributed by atoms with van der Waals surface area (Å²) in [5.41, 5.74) is 7.98. The van der Waals surface area contributed by atoms with Crippen LogP contribution in [-0.2, 0) is 0 Å². The molecule has 1 aliphatic heterocycles. The zero-order chi connectivity index (χ0) is 13.3. The van der Waals surface area contributed by atoms with Crippen LogP contribution in [0, 0.1) is 0 Å². The van der Waals surface area contributed by atoms with E-state index in [9.17, 15) is 5.11 Å². The summed E-state index contributed by atoms with van der Waals surface area (Å²) in [5.74, 6) is 0.534. The highest BCUT2D eigenvalue weighted by Crippen LogP contribution is 2.40. The lowest BCUT2D eigenvalue weighted by atomic mass is 9.98. The van der Waals surface area contributed by atoms with Gasteiger partial charge in [-0.05, 0) is 37.4 Å². The molecule has 0 radical (unpaired) electrons. The van der Waals surface area contributed by atoms with Crippen molar-refractivity contribution in [1.82, 2.24) is 0 Å². The van der Waals surface area contributed by atoms with Gasteiger partial charge in [-0.15, -0.1) is 0 Å². The monoisotopic (exact) mass is 260 g/mol. The number of hydrogen-bond donors (Lipinski definition) is 2. The molecule has 104 valence electrons. The number of β-amino-alcohol motifs (C(OH)–C–C–N with tert-alkyl or cyclic N) is 1. The molecule has 19 heavy (non-hydrogen) atoms. The molecule has 0 spiro atoms. The predicted octanol–water partition coefficient (Wildman–Crippen LogP) is 2.24. The van der Waals surface area contributed by atoms with Crippen LogP contribution in [0.4, 0.5) is 5.69 Å². The minimum atomic E-state index is -0.468. The van der Waals surface area contributed by atoms with E-state index in [1.165, 1.54) is 11.3 Å². The third kappa shape index (κ3) is 2.49. The van der Waals surface area contributed by atoms with Gasteiger partial charge in [-0.1, -0.05) is 31.0 Å². The first-order valence-corrected chi connectivity index (χ1v) is 7.48. The first-order chi connectivity index (χ1) is 9.22. The molecule has 1 aromatic rings. The molecule has 1 atom stereocenters. The standard InChI is InChI=1S/C16H24N2O/c17-10-7-13-11-18(12-16(19)8-3-4-9-16)15-6-2-1-5-14(13)15/h1-2,5-6,13,19H,3-4,7-12,17H2. The number of rotatable bonds is 4. The summed E-state index contributed by atoms with van der Waals surface area (Å²) < 4.78 is 0. The average molecular weight is 260 g/mol. The second-order valence-electron chi connectivity index (χ2n) is 6.15. The van der Waals surface area contributed by atoms with Crippen molar-refractivity contribution in [1.29, 1.82) is 0 Å². The van der Waals surface area contributed by atoms with Gasteiger partial charge in [-0.25, -0.2) is 0 Å². The molecule has 3 heteroatoms. The number of benzene rings is 1.